The summed E-state index contributed by atoms with van der Waals surface area (Å²) in [6.45, 7) is 3.04. The van der Waals surface area contributed by atoms with Gasteiger partial charge in [0.15, 0.2) is 5.72 Å². The lowest BCUT2D eigenvalue weighted by atomic mass is 9.93. The third-order valence-electron chi connectivity index (χ3n) is 5.70. The molecule has 5 nitrogen and oxygen atoms in total. The molecular formula is C20H19Br2N3O2S. The van der Waals surface area contributed by atoms with E-state index in [1.165, 1.54) is 4.88 Å². The van der Waals surface area contributed by atoms with E-state index >= 15 is 0 Å². The monoisotopic (exact) mass is 523 g/mol. The maximum atomic E-state index is 11.8. The fourth-order valence-corrected chi connectivity index (χ4v) is 6.00. The number of hydrazine groups is 1. The molecule has 1 N–H and O–H groups in total. The summed E-state index contributed by atoms with van der Waals surface area (Å²) >= 11 is 8.87. The van der Waals surface area contributed by atoms with Crippen molar-refractivity contribution >= 4 is 54.8 Å². The van der Waals surface area contributed by atoms with Crippen LogP contribution >= 0.6 is 43.2 Å². The molecule has 0 aliphatic carbocycles. The molecule has 0 radical (unpaired) electrons. The van der Waals surface area contributed by atoms with Gasteiger partial charge in [-0.05, 0) is 52.3 Å². The van der Waals surface area contributed by atoms with Gasteiger partial charge in [-0.1, -0.05) is 15.9 Å². The number of amides is 1. The predicted molar refractivity (Wildman–Crippen MR) is 117 cm³/mol. The lowest BCUT2D eigenvalue weighted by molar-refractivity contribution is -0.165. The number of carbonyl (C=O) groups excluding carboxylic acids is 1. The number of ether oxygens (including phenoxy) is 1. The Bertz CT molecular complexity index is 982. The zero-order valence-electron chi connectivity index (χ0n) is 15.2. The van der Waals surface area contributed by atoms with E-state index in [1.807, 2.05) is 17.0 Å². The molecule has 4 heterocycles. The van der Waals surface area contributed by atoms with Crippen molar-refractivity contribution in [2.45, 2.75) is 31.5 Å². The number of hydrogen-bond donors (Lipinski definition) is 1. The van der Waals surface area contributed by atoms with Gasteiger partial charge < -0.3 is 15.1 Å². The summed E-state index contributed by atoms with van der Waals surface area (Å²) in [5.74, 6) is 1.05. The van der Waals surface area contributed by atoms with Crippen LogP contribution in [0.15, 0.2) is 44.7 Å². The molecule has 0 bridgehead atoms. The van der Waals surface area contributed by atoms with Gasteiger partial charge in [-0.3, -0.25) is 4.79 Å². The lowest BCUT2D eigenvalue weighted by Crippen LogP contribution is -2.63. The van der Waals surface area contributed by atoms with E-state index in [4.69, 9.17) is 4.74 Å². The minimum atomic E-state index is -0.468. The molecule has 1 saturated heterocycles. The van der Waals surface area contributed by atoms with Crippen LogP contribution in [0.4, 0.5) is 0 Å². The van der Waals surface area contributed by atoms with Crippen LogP contribution in [0.25, 0.3) is 5.70 Å². The summed E-state index contributed by atoms with van der Waals surface area (Å²) in [5.41, 5.74) is 5.41. The normalized spacial score (nSPS) is 22.9. The highest BCUT2D eigenvalue weighted by atomic mass is 79.9. The standard InChI is InChI=1S/C20H19Br2N3O2S/c1-12(26)24-8-6-20(7-9-24)25-16(14-10-13(21)2-3-17(14)27-20)11-15(23-25)18-4-5-19(22)28-18/h2-5,10-11,16,23H,6-9H2,1H3/t16-/m1/s1. The summed E-state index contributed by atoms with van der Waals surface area (Å²) in [6, 6.07) is 10.5. The number of fused-ring (bicyclic) bond motifs is 4. The molecule has 1 amide bonds. The molecule has 3 aliphatic rings. The molecule has 5 rings (SSSR count). The number of hydrogen-bond acceptors (Lipinski definition) is 5. The van der Waals surface area contributed by atoms with Crippen molar-refractivity contribution in [2.75, 3.05) is 13.1 Å². The molecule has 1 atom stereocenters. The first-order valence-corrected chi connectivity index (χ1v) is 11.6. The van der Waals surface area contributed by atoms with Gasteiger partial charge in [0.05, 0.1) is 20.4 Å². The van der Waals surface area contributed by atoms with E-state index in [1.54, 1.807) is 18.3 Å². The number of piperidine rings is 1. The van der Waals surface area contributed by atoms with Crippen LogP contribution < -0.4 is 10.2 Å². The molecule has 1 spiro atoms. The summed E-state index contributed by atoms with van der Waals surface area (Å²) in [5, 5.41) is 2.25. The van der Waals surface area contributed by atoms with Gasteiger partial charge >= 0.3 is 0 Å². The predicted octanol–water partition coefficient (Wildman–Crippen LogP) is 4.91. The van der Waals surface area contributed by atoms with Gasteiger partial charge in [-0.25, -0.2) is 0 Å². The molecule has 2 aromatic rings. The molecule has 8 heteroatoms. The van der Waals surface area contributed by atoms with E-state index in [9.17, 15) is 4.79 Å². The van der Waals surface area contributed by atoms with Crippen molar-refractivity contribution < 1.29 is 9.53 Å². The highest BCUT2D eigenvalue weighted by Crippen LogP contribution is 2.49. The summed E-state index contributed by atoms with van der Waals surface area (Å²) < 4.78 is 8.76. The fraction of sp³-hybridized carbons (Fsp3) is 0.350. The minimum absolute atomic E-state index is 0.0843. The van der Waals surface area contributed by atoms with Crippen LogP contribution in [0.1, 0.15) is 36.2 Å². The second-order valence-corrected chi connectivity index (χ2v) is 10.7. The van der Waals surface area contributed by atoms with Crippen LogP contribution in [-0.4, -0.2) is 34.6 Å². The first kappa shape index (κ1) is 18.7. The van der Waals surface area contributed by atoms with E-state index in [0.29, 0.717) is 13.1 Å². The second-order valence-electron chi connectivity index (χ2n) is 7.35. The Morgan fingerprint density at radius 2 is 2.04 bits per heavy atom. The first-order valence-electron chi connectivity index (χ1n) is 9.23. The van der Waals surface area contributed by atoms with E-state index in [-0.39, 0.29) is 11.9 Å². The van der Waals surface area contributed by atoms with E-state index in [2.05, 4.69) is 66.6 Å². The Morgan fingerprint density at radius 3 is 2.71 bits per heavy atom. The number of benzene rings is 1. The highest BCUT2D eigenvalue weighted by molar-refractivity contribution is 9.11. The topological polar surface area (TPSA) is 44.8 Å². The summed E-state index contributed by atoms with van der Waals surface area (Å²) in [7, 11) is 0. The van der Waals surface area contributed by atoms with Gasteiger partial charge in [0.2, 0.25) is 5.91 Å². The van der Waals surface area contributed by atoms with E-state index in [0.717, 1.165) is 38.1 Å². The third kappa shape index (κ3) is 3.01. The van der Waals surface area contributed by atoms with Gasteiger partial charge in [-0.15, -0.1) is 11.3 Å². The number of halogens is 2. The third-order valence-corrected chi connectivity index (χ3v) is 7.85. The largest absolute Gasteiger partial charge is 0.470 e. The number of rotatable bonds is 1. The smallest absolute Gasteiger partial charge is 0.219 e. The number of nitrogens with one attached hydrogen (secondary N) is 1. The molecule has 3 aliphatic heterocycles. The first-order chi connectivity index (χ1) is 13.4. The van der Waals surface area contributed by atoms with Crippen LogP contribution in [0.3, 0.4) is 0 Å². The zero-order chi connectivity index (χ0) is 19.5. The van der Waals surface area contributed by atoms with Crippen molar-refractivity contribution in [2.24, 2.45) is 0 Å². The Labute approximate surface area is 184 Å². The van der Waals surface area contributed by atoms with Gasteiger partial charge in [0.25, 0.3) is 0 Å². The van der Waals surface area contributed by atoms with Crippen molar-refractivity contribution in [1.82, 2.24) is 15.3 Å². The maximum absolute atomic E-state index is 11.8. The summed E-state index contributed by atoms with van der Waals surface area (Å²) in [6.07, 6.45) is 3.81. The summed E-state index contributed by atoms with van der Waals surface area (Å²) in [4.78, 5) is 14.9. The van der Waals surface area contributed by atoms with Crippen molar-refractivity contribution in [3.05, 3.63) is 55.1 Å². The zero-order valence-corrected chi connectivity index (χ0v) is 19.2. The van der Waals surface area contributed by atoms with E-state index < -0.39 is 5.72 Å². The Morgan fingerprint density at radius 1 is 1.25 bits per heavy atom. The van der Waals surface area contributed by atoms with Crippen LogP contribution in [0, 0.1) is 0 Å². The molecule has 0 saturated carbocycles. The van der Waals surface area contributed by atoms with Crippen molar-refractivity contribution in [3.63, 3.8) is 0 Å². The maximum Gasteiger partial charge on any atom is 0.219 e. The van der Waals surface area contributed by atoms with Crippen LogP contribution in [-0.2, 0) is 4.79 Å². The quantitative estimate of drug-likeness (QED) is 0.576. The minimum Gasteiger partial charge on any atom is -0.470 e. The molecule has 0 unspecified atom stereocenters. The van der Waals surface area contributed by atoms with Crippen LogP contribution in [0.5, 0.6) is 5.75 Å². The highest BCUT2D eigenvalue weighted by Gasteiger charge is 2.51. The second kappa shape index (κ2) is 6.86. The molecule has 28 heavy (non-hydrogen) atoms. The fourth-order valence-electron chi connectivity index (χ4n) is 4.26. The average Bonchev–Trinajstić information content (AvgIpc) is 3.30. The van der Waals surface area contributed by atoms with Gasteiger partial charge in [-0.2, -0.15) is 5.01 Å². The Hall–Kier alpha value is -1.35. The Balaban J connectivity index is 1.54. The average molecular weight is 525 g/mol. The van der Waals surface area contributed by atoms with Gasteiger partial charge in [0.1, 0.15) is 5.75 Å². The molecule has 146 valence electrons. The van der Waals surface area contributed by atoms with Gasteiger partial charge in [0, 0.05) is 42.9 Å². The SMILES string of the molecule is CC(=O)N1CCC2(CC1)Oc1ccc(Br)cc1[C@H]1C=C(c3ccc(Br)s3)NN12. The molecular weight excluding hydrogens is 506 g/mol. The lowest BCUT2D eigenvalue weighted by Gasteiger charge is -2.51. The number of thiophene rings is 1. The number of likely N-dealkylation sites (tertiary alicyclic amines) is 1. The number of carbonyl (C=O) groups is 1. The van der Waals surface area contributed by atoms with Crippen LogP contribution in [0.2, 0.25) is 0 Å². The van der Waals surface area contributed by atoms with Crippen molar-refractivity contribution in [3.8, 4) is 5.75 Å². The molecule has 1 aromatic heterocycles. The molecule has 1 aromatic carbocycles. The molecule has 1 fully saturated rings. The van der Waals surface area contributed by atoms with Crippen molar-refractivity contribution in [1.29, 1.82) is 0 Å². The Kier molecular flexibility index (Phi) is 4.58. The number of nitrogens with zero attached hydrogens (tertiary/aromatic N) is 2.